The molecule has 1 aromatic carbocycles. The Balaban J connectivity index is 1.77. The summed E-state index contributed by atoms with van der Waals surface area (Å²) in [5.41, 5.74) is 2.08. The third-order valence-corrected chi connectivity index (χ3v) is 7.40. The van der Waals surface area contributed by atoms with E-state index in [-0.39, 0.29) is 5.97 Å². The number of carbonyl (C=O) groups excluding carboxylic acids is 1. The number of methoxy groups -OCH3 is 1. The lowest BCUT2D eigenvalue weighted by atomic mass is 10.3. The molecule has 0 aliphatic carbocycles. The van der Waals surface area contributed by atoms with E-state index < -0.39 is 0 Å². The standard InChI is InChI=1S/C17H15NO2S4/c1-20-16(19)14-8-13(17(21-2)24-14)15-18-11(10-23-15)9-22-12-6-4-3-5-7-12/h3-8,10H,9H2,1-2H3. The Bertz CT molecular complexity index is 826. The van der Waals surface area contributed by atoms with Crippen LogP contribution in [0.15, 0.2) is 50.9 Å². The molecule has 0 saturated carbocycles. The third-order valence-electron chi connectivity index (χ3n) is 3.18. The summed E-state index contributed by atoms with van der Waals surface area (Å²) in [5, 5.41) is 3.04. The maximum atomic E-state index is 11.7. The Kier molecular flexibility index (Phi) is 5.99. The second kappa shape index (κ2) is 8.20. The summed E-state index contributed by atoms with van der Waals surface area (Å²) in [5.74, 6) is 0.543. The van der Waals surface area contributed by atoms with Gasteiger partial charge in [-0.2, -0.15) is 0 Å². The second-order valence-corrected chi connectivity index (χ2v) is 8.79. The van der Waals surface area contributed by atoms with E-state index in [1.165, 1.54) is 23.3 Å². The maximum absolute atomic E-state index is 11.7. The summed E-state index contributed by atoms with van der Waals surface area (Å²) in [6.07, 6.45) is 2.01. The molecule has 2 heterocycles. The lowest BCUT2D eigenvalue weighted by Crippen LogP contribution is -1.96. The van der Waals surface area contributed by atoms with E-state index in [4.69, 9.17) is 9.72 Å². The van der Waals surface area contributed by atoms with Gasteiger partial charge < -0.3 is 4.74 Å². The quantitative estimate of drug-likeness (QED) is 0.398. The number of hydrogen-bond donors (Lipinski definition) is 0. The van der Waals surface area contributed by atoms with E-state index in [0.717, 1.165) is 26.2 Å². The molecule has 0 aliphatic rings. The molecule has 0 bridgehead atoms. The molecule has 2 aromatic heterocycles. The van der Waals surface area contributed by atoms with E-state index in [2.05, 4.69) is 17.5 Å². The van der Waals surface area contributed by atoms with Crippen LogP contribution < -0.4 is 0 Å². The van der Waals surface area contributed by atoms with Crippen LogP contribution in [0, 0.1) is 0 Å². The minimum atomic E-state index is -0.294. The first-order chi connectivity index (χ1) is 11.7. The number of nitrogens with zero attached hydrogens (tertiary/aromatic N) is 1. The first kappa shape index (κ1) is 17.5. The van der Waals surface area contributed by atoms with Gasteiger partial charge in [0, 0.05) is 21.6 Å². The number of thiophene rings is 1. The van der Waals surface area contributed by atoms with E-state index in [1.54, 1.807) is 34.9 Å². The predicted octanol–water partition coefficient (Wildman–Crippen LogP) is 5.67. The van der Waals surface area contributed by atoms with Crippen LogP contribution in [0.3, 0.4) is 0 Å². The van der Waals surface area contributed by atoms with Gasteiger partial charge in [0.15, 0.2) is 0 Å². The molecule has 124 valence electrons. The second-order valence-electron chi connectivity index (χ2n) is 4.75. The molecule has 0 atom stereocenters. The van der Waals surface area contributed by atoms with Crippen molar-refractivity contribution in [2.75, 3.05) is 13.4 Å². The number of esters is 1. The summed E-state index contributed by atoms with van der Waals surface area (Å²) in [6.45, 7) is 0. The first-order valence-electron chi connectivity index (χ1n) is 7.10. The van der Waals surface area contributed by atoms with Crippen molar-refractivity contribution in [1.82, 2.24) is 4.98 Å². The molecule has 0 fully saturated rings. The summed E-state index contributed by atoms with van der Waals surface area (Å²) in [4.78, 5) is 18.3. The van der Waals surface area contributed by atoms with Gasteiger partial charge >= 0.3 is 5.97 Å². The molecule has 24 heavy (non-hydrogen) atoms. The molecular weight excluding hydrogens is 378 g/mol. The van der Waals surface area contributed by atoms with Gasteiger partial charge in [-0.15, -0.1) is 46.2 Å². The molecule has 7 heteroatoms. The van der Waals surface area contributed by atoms with Gasteiger partial charge in [-0.25, -0.2) is 9.78 Å². The van der Waals surface area contributed by atoms with Crippen LogP contribution in [-0.4, -0.2) is 24.3 Å². The van der Waals surface area contributed by atoms with Crippen LogP contribution >= 0.6 is 46.2 Å². The van der Waals surface area contributed by atoms with Gasteiger partial charge in [0.1, 0.15) is 9.88 Å². The Hall–Kier alpha value is -1.28. The molecule has 0 radical (unpaired) electrons. The lowest BCUT2D eigenvalue weighted by molar-refractivity contribution is 0.0606. The number of thiazole rings is 1. The third kappa shape index (κ3) is 4.03. The Morgan fingerprint density at radius 2 is 2.08 bits per heavy atom. The van der Waals surface area contributed by atoms with Crippen LogP contribution in [-0.2, 0) is 10.5 Å². The molecule has 3 aromatic rings. The van der Waals surface area contributed by atoms with Gasteiger partial charge in [-0.3, -0.25) is 0 Å². The fourth-order valence-corrected chi connectivity index (χ4v) is 5.72. The van der Waals surface area contributed by atoms with Crippen molar-refractivity contribution in [3.05, 3.63) is 52.3 Å². The van der Waals surface area contributed by atoms with Crippen LogP contribution in [0.2, 0.25) is 0 Å². The van der Waals surface area contributed by atoms with Crippen molar-refractivity contribution >= 4 is 52.2 Å². The normalized spacial score (nSPS) is 10.8. The lowest BCUT2D eigenvalue weighted by Gasteiger charge is -1.98. The molecule has 3 nitrogen and oxygen atoms in total. The number of benzene rings is 1. The summed E-state index contributed by atoms with van der Waals surface area (Å²) >= 11 is 6.48. The van der Waals surface area contributed by atoms with Crippen LogP contribution in [0.5, 0.6) is 0 Å². The maximum Gasteiger partial charge on any atom is 0.348 e. The monoisotopic (exact) mass is 393 g/mol. The molecule has 0 aliphatic heterocycles. The summed E-state index contributed by atoms with van der Waals surface area (Å²) < 4.78 is 5.91. The highest BCUT2D eigenvalue weighted by Crippen LogP contribution is 2.39. The summed E-state index contributed by atoms with van der Waals surface area (Å²) in [7, 11) is 1.41. The van der Waals surface area contributed by atoms with Crippen molar-refractivity contribution < 1.29 is 9.53 Å². The highest BCUT2D eigenvalue weighted by Gasteiger charge is 2.18. The molecule has 0 saturated heterocycles. The van der Waals surface area contributed by atoms with Gasteiger partial charge in [0.2, 0.25) is 0 Å². The highest BCUT2D eigenvalue weighted by atomic mass is 32.2. The van der Waals surface area contributed by atoms with E-state index in [0.29, 0.717) is 4.88 Å². The molecule has 0 unspecified atom stereocenters. The zero-order valence-electron chi connectivity index (χ0n) is 13.1. The number of carbonyl (C=O) groups is 1. The smallest absolute Gasteiger partial charge is 0.348 e. The Morgan fingerprint density at radius 3 is 2.79 bits per heavy atom. The zero-order chi connectivity index (χ0) is 16.9. The molecule has 3 rings (SSSR count). The van der Waals surface area contributed by atoms with E-state index >= 15 is 0 Å². The highest BCUT2D eigenvalue weighted by molar-refractivity contribution is 8.00. The van der Waals surface area contributed by atoms with Crippen molar-refractivity contribution in [3.8, 4) is 10.6 Å². The van der Waals surface area contributed by atoms with Crippen LogP contribution in [0.4, 0.5) is 0 Å². The fourth-order valence-electron chi connectivity index (χ4n) is 2.05. The Labute approximate surface area is 157 Å². The SMILES string of the molecule is COC(=O)c1cc(-c2nc(CSc3ccccc3)cs2)c(SC)s1. The number of aromatic nitrogens is 1. The van der Waals surface area contributed by atoms with Crippen molar-refractivity contribution in [2.24, 2.45) is 0 Å². The van der Waals surface area contributed by atoms with Crippen LogP contribution in [0.25, 0.3) is 10.6 Å². The molecular formula is C17H15NO2S4. The number of ether oxygens (including phenoxy) is 1. The van der Waals surface area contributed by atoms with Gasteiger partial charge in [-0.05, 0) is 24.5 Å². The minimum absolute atomic E-state index is 0.294. The van der Waals surface area contributed by atoms with E-state index in [9.17, 15) is 4.79 Å². The van der Waals surface area contributed by atoms with Crippen molar-refractivity contribution in [3.63, 3.8) is 0 Å². The first-order valence-corrected chi connectivity index (χ1v) is 11.0. The topological polar surface area (TPSA) is 39.2 Å². The predicted molar refractivity (Wildman–Crippen MR) is 105 cm³/mol. The van der Waals surface area contributed by atoms with Crippen molar-refractivity contribution in [1.29, 1.82) is 0 Å². The van der Waals surface area contributed by atoms with Gasteiger partial charge in [-0.1, -0.05) is 18.2 Å². The number of thioether (sulfide) groups is 2. The molecule has 0 spiro atoms. The largest absolute Gasteiger partial charge is 0.465 e. The van der Waals surface area contributed by atoms with Gasteiger partial charge in [0.25, 0.3) is 0 Å². The number of rotatable bonds is 6. The molecule has 0 amide bonds. The minimum Gasteiger partial charge on any atom is -0.465 e. The van der Waals surface area contributed by atoms with E-state index in [1.807, 2.05) is 30.5 Å². The zero-order valence-corrected chi connectivity index (χ0v) is 16.4. The van der Waals surface area contributed by atoms with Gasteiger partial charge in [0.05, 0.1) is 17.0 Å². The molecule has 0 N–H and O–H groups in total. The average molecular weight is 394 g/mol. The van der Waals surface area contributed by atoms with Crippen LogP contribution in [0.1, 0.15) is 15.4 Å². The van der Waals surface area contributed by atoms with Crippen molar-refractivity contribution in [2.45, 2.75) is 14.9 Å². The average Bonchev–Trinajstić information content (AvgIpc) is 3.26. The Morgan fingerprint density at radius 1 is 1.29 bits per heavy atom. The number of hydrogen-bond acceptors (Lipinski definition) is 7. The summed E-state index contributed by atoms with van der Waals surface area (Å²) in [6, 6.07) is 12.2. The fraction of sp³-hybridized carbons (Fsp3) is 0.176.